The smallest absolute Gasteiger partial charge is 0.326 e. The molecule has 0 radical (unpaired) electrons. The maximum absolute atomic E-state index is 12.3. The summed E-state index contributed by atoms with van der Waals surface area (Å²) in [6.45, 7) is 9.41. The van der Waals surface area contributed by atoms with Crippen LogP contribution in [0, 0.1) is 5.41 Å². The summed E-state index contributed by atoms with van der Waals surface area (Å²) in [6.07, 6.45) is 6.73. The van der Waals surface area contributed by atoms with Crippen molar-refractivity contribution in [2.24, 2.45) is 5.41 Å². The van der Waals surface area contributed by atoms with Gasteiger partial charge in [0, 0.05) is 6.04 Å². The fourth-order valence-corrected chi connectivity index (χ4v) is 3.90. The predicted molar refractivity (Wildman–Crippen MR) is 85.3 cm³/mol. The summed E-state index contributed by atoms with van der Waals surface area (Å²) in [5.41, 5.74) is 0.0719. The minimum Gasteiger partial charge on any atom is -0.465 e. The van der Waals surface area contributed by atoms with Crippen molar-refractivity contribution < 1.29 is 9.53 Å². The van der Waals surface area contributed by atoms with E-state index in [0.29, 0.717) is 18.1 Å². The number of carbonyl (C=O) groups excluding carboxylic acids is 1. The van der Waals surface area contributed by atoms with Crippen LogP contribution in [-0.4, -0.2) is 49.2 Å². The van der Waals surface area contributed by atoms with Gasteiger partial charge in [-0.25, -0.2) is 0 Å². The lowest BCUT2D eigenvalue weighted by Crippen LogP contribution is -2.51. The number of esters is 1. The number of carbonyl (C=O) groups is 1. The molecule has 0 bridgehead atoms. The number of piperidine rings is 1. The molecule has 0 spiro atoms. The molecule has 1 saturated heterocycles. The first-order valence-electron chi connectivity index (χ1n) is 8.59. The monoisotopic (exact) mass is 296 g/mol. The first-order valence-corrected chi connectivity index (χ1v) is 8.59. The molecule has 122 valence electrons. The average Bonchev–Trinajstić information content (AvgIpc) is 2.94. The van der Waals surface area contributed by atoms with Crippen LogP contribution >= 0.6 is 0 Å². The highest BCUT2D eigenvalue weighted by atomic mass is 16.5. The van der Waals surface area contributed by atoms with Crippen LogP contribution in [0.15, 0.2) is 0 Å². The average molecular weight is 296 g/mol. The van der Waals surface area contributed by atoms with E-state index in [9.17, 15) is 4.79 Å². The normalized spacial score (nSPS) is 33.0. The van der Waals surface area contributed by atoms with Gasteiger partial charge >= 0.3 is 5.97 Å². The molecule has 0 aromatic rings. The molecule has 2 unspecified atom stereocenters. The van der Waals surface area contributed by atoms with Crippen LogP contribution in [0.25, 0.3) is 0 Å². The Morgan fingerprint density at radius 2 is 1.95 bits per heavy atom. The van der Waals surface area contributed by atoms with E-state index in [4.69, 9.17) is 4.74 Å². The van der Waals surface area contributed by atoms with Crippen LogP contribution in [0.1, 0.15) is 59.3 Å². The van der Waals surface area contributed by atoms with Gasteiger partial charge in [-0.1, -0.05) is 20.3 Å². The van der Waals surface area contributed by atoms with Gasteiger partial charge in [-0.15, -0.1) is 0 Å². The van der Waals surface area contributed by atoms with Gasteiger partial charge in [0.05, 0.1) is 6.61 Å². The predicted octanol–water partition coefficient (Wildman–Crippen LogP) is 2.57. The van der Waals surface area contributed by atoms with E-state index in [-0.39, 0.29) is 5.97 Å². The number of ether oxygens (including phenoxy) is 1. The van der Waals surface area contributed by atoms with Crippen LogP contribution in [0.2, 0.25) is 0 Å². The van der Waals surface area contributed by atoms with Crippen molar-refractivity contribution in [3.8, 4) is 0 Å². The first kappa shape index (κ1) is 16.8. The Kier molecular flexibility index (Phi) is 5.31. The van der Waals surface area contributed by atoms with Gasteiger partial charge in [0.1, 0.15) is 5.54 Å². The van der Waals surface area contributed by atoms with Crippen LogP contribution in [0.5, 0.6) is 0 Å². The SMILES string of the molecule is CCOC(=O)C1(NC)CCC(N2CCC(C)(CC)CC2)C1. The number of hydrogen-bond donors (Lipinski definition) is 1. The second kappa shape index (κ2) is 6.66. The molecule has 0 amide bonds. The van der Waals surface area contributed by atoms with Crippen LogP contribution < -0.4 is 5.32 Å². The summed E-state index contributed by atoms with van der Waals surface area (Å²) in [4.78, 5) is 14.9. The molecule has 2 fully saturated rings. The van der Waals surface area contributed by atoms with Gasteiger partial charge in [0.2, 0.25) is 0 Å². The molecular formula is C17H32N2O2. The summed E-state index contributed by atoms with van der Waals surface area (Å²) in [7, 11) is 1.89. The number of rotatable bonds is 5. The number of nitrogens with zero attached hydrogens (tertiary/aromatic N) is 1. The van der Waals surface area contributed by atoms with Crippen molar-refractivity contribution in [1.29, 1.82) is 0 Å². The molecule has 2 aliphatic rings. The van der Waals surface area contributed by atoms with Gasteiger partial charge in [0.25, 0.3) is 0 Å². The highest BCUT2D eigenvalue weighted by Gasteiger charge is 2.47. The van der Waals surface area contributed by atoms with Gasteiger partial charge in [-0.05, 0) is 64.6 Å². The summed E-state index contributed by atoms with van der Waals surface area (Å²) < 4.78 is 5.29. The van der Waals surface area contributed by atoms with Crippen LogP contribution in [0.4, 0.5) is 0 Å². The molecule has 0 aromatic carbocycles. The number of likely N-dealkylation sites (tertiary alicyclic amines) is 1. The standard InChI is InChI=1S/C17H32N2O2/c1-5-16(3)9-11-19(12-10-16)14-7-8-17(13-14,18-4)15(20)21-6-2/h14,18H,5-13H2,1-4H3. The summed E-state index contributed by atoms with van der Waals surface area (Å²) in [6, 6.07) is 0.531. The van der Waals surface area contributed by atoms with Gasteiger partial charge in [0.15, 0.2) is 0 Å². The van der Waals surface area contributed by atoms with Crippen molar-refractivity contribution in [3.63, 3.8) is 0 Å². The lowest BCUT2D eigenvalue weighted by Gasteiger charge is -2.42. The Morgan fingerprint density at radius 3 is 2.48 bits per heavy atom. The van der Waals surface area contributed by atoms with E-state index in [2.05, 4.69) is 24.1 Å². The molecule has 4 heteroatoms. The largest absolute Gasteiger partial charge is 0.465 e. The highest BCUT2D eigenvalue weighted by Crippen LogP contribution is 2.39. The molecule has 1 aliphatic heterocycles. The zero-order valence-corrected chi connectivity index (χ0v) is 14.2. The molecule has 2 atom stereocenters. The Morgan fingerprint density at radius 1 is 1.29 bits per heavy atom. The van der Waals surface area contributed by atoms with Gasteiger partial charge < -0.3 is 15.0 Å². The van der Waals surface area contributed by atoms with E-state index in [1.165, 1.54) is 32.4 Å². The molecule has 1 N–H and O–H groups in total. The third kappa shape index (κ3) is 3.42. The minimum absolute atomic E-state index is 0.0644. The van der Waals surface area contributed by atoms with E-state index in [1.54, 1.807) is 0 Å². The second-order valence-electron chi connectivity index (χ2n) is 7.15. The van der Waals surface area contributed by atoms with Crippen molar-refractivity contribution in [1.82, 2.24) is 10.2 Å². The maximum atomic E-state index is 12.3. The fraction of sp³-hybridized carbons (Fsp3) is 0.941. The number of nitrogens with one attached hydrogen (secondary N) is 1. The van der Waals surface area contributed by atoms with Crippen molar-refractivity contribution in [2.45, 2.75) is 70.9 Å². The molecule has 21 heavy (non-hydrogen) atoms. The van der Waals surface area contributed by atoms with Gasteiger partial charge in [-0.2, -0.15) is 0 Å². The van der Waals surface area contributed by atoms with Crippen LogP contribution in [-0.2, 0) is 9.53 Å². The molecule has 4 nitrogen and oxygen atoms in total. The van der Waals surface area contributed by atoms with Gasteiger partial charge in [-0.3, -0.25) is 4.79 Å². The Bertz CT molecular complexity index is 364. The van der Waals surface area contributed by atoms with Crippen molar-refractivity contribution >= 4 is 5.97 Å². The van der Waals surface area contributed by atoms with E-state index in [1.807, 2.05) is 14.0 Å². The molecule has 2 rings (SSSR count). The molecule has 0 aromatic heterocycles. The molecule has 1 aliphatic carbocycles. The minimum atomic E-state index is -0.452. The Hall–Kier alpha value is -0.610. The zero-order chi connectivity index (χ0) is 15.5. The third-order valence-electron chi connectivity index (χ3n) is 6.01. The number of hydrogen-bond acceptors (Lipinski definition) is 4. The Balaban J connectivity index is 1.94. The highest BCUT2D eigenvalue weighted by molar-refractivity contribution is 5.81. The topological polar surface area (TPSA) is 41.6 Å². The van der Waals surface area contributed by atoms with Crippen LogP contribution in [0.3, 0.4) is 0 Å². The molecular weight excluding hydrogens is 264 g/mol. The molecule has 1 heterocycles. The van der Waals surface area contributed by atoms with Crippen molar-refractivity contribution in [2.75, 3.05) is 26.7 Å². The first-order chi connectivity index (χ1) is 9.98. The summed E-state index contributed by atoms with van der Waals surface area (Å²) in [5, 5.41) is 3.26. The summed E-state index contributed by atoms with van der Waals surface area (Å²) >= 11 is 0. The summed E-state index contributed by atoms with van der Waals surface area (Å²) in [5.74, 6) is -0.0644. The molecule has 1 saturated carbocycles. The quantitative estimate of drug-likeness (QED) is 0.792. The zero-order valence-electron chi connectivity index (χ0n) is 14.2. The van der Waals surface area contributed by atoms with E-state index < -0.39 is 5.54 Å². The lowest BCUT2D eigenvalue weighted by atomic mass is 9.78. The Labute approximate surface area is 129 Å². The maximum Gasteiger partial charge on any atom is 0.326 e. The third-order valence-corrected chi connectivity index (χ3v) is 6.01. The fourth-order valence-electron chi connectivity index (χ4n) is 3.90. The van der Waals surface area contributed by atoms with E-state index in [0.717, 1.165) is 19.3 Å². The van der Waals surface area contributed by atoms with Crippen molar-refractivity contribution in [3.05, 3.63) is 0 Å². The lowest BCUT2D eigenvalue weighted by molar-refractivity contribution is -0.151. The second-order valence-corrected chi connectivity index (χ2v) is 7.15. The number of likely N-dealkylation sites (N-methyl/N-ethyl adjacent to an activating group) is 1. The van der Waals surface area contributed by atoms with E-state index >= 15 is 0 Å².